The molecule has 0 aliphatic carbocycles. The molecule has 1 aliphatic heterocycles. The van der Waals surface area contributed by atoms with Gasteiger partial charge in [-0.1, -0.05) is 25.8 Å². The Morgan fingerprint density at radius 1 is 1.60 bits per heavy atom. The molecule has 2 N–H and O–H groups in total. The normalized spacial score (nSPS) is 24.7. The first kappa shape index (κ1) is 12.2. The Labute approximate surface area is 89.6 Å². The van der Waals surface area contributed by atoms with Crippen LogP contribution in [0.5, 0.6) is 0 Å². The number of cyclic esters (lactones) is 1. The van der Waals surface area contributed by atoms with Crippen LogP contribution in [0, 0.1) is 0 Å². The summed E-state index contributed by atoms with van der Waals surface area (Å²) < 4.78 is 4.91. The number of hydrogen-bond donors (Lipinski definition) is 2. The van der Waals surface area contributed by atoms with Gasteiger partial charge in [-0.05, 0) is 6.42 Å². The maximum absolute atomic E-state index is 10.9. The summed E-state index contributed by atoms with van der Waals surface area (Å²) in [5.41, 5.74) is 0. The van der Waals surface area contributed by atoms with E-state index in [0.29, 0.717) is 12.8 Å². The number of ether oxygens (including phenoxy) is 1. The van der Waals surface area contributed by atoms with Crippen LogP contribution in [-0.2, 0) is 9.53 Å². The fourth-order valence-corrected chi connectivity index (χ4v) is 1.58. The van der Waals surface area contributed by atoms with Crippen molar-refractivity contribution in [3.8, 4) is 0 Å². The van der Waals surface area contributed by atoms with E-state index in [1.54, 1.807) is 6.08 Å². The van der Waals surface area contributed by atoms with Crippen LogP contribution >= 0.6 is 0 Å². The second-order valence-corrected chi connectivity index (χ2v) is 3.81. The SMILES string of the molecule is CCCC[C@@H](O)[C@H](O)[C@@H]1CC=CC(=O)O1. The third-order valence-electron chi connectivity index (χ3n) is 2.52. The number of aliphatic hydroxyl groups is 2. The summed E-state index contributed by atoms with van der Waals surface area (Å²) in [6.07, 6.45) is 3.43. The Bertz CT molecular complexity index is 237. The van der Waals surface area contributed by atoms with Gasteiger partial charge in [0.25, 0.3) is 0 Å². The van der Waals surface area contributed by atoms with Gasteiger partial charge in [-0.15, -0.1) is 0 Å². The molecule has 0 saturated carbocycles. The number of carbonyl (C=O) groups is 1. The molecule has 1 rings (SSSR count). The fraction of sp³-hybridized carbons (Fsp3) is 0.727. The van der Waals surface area contributed by atoms with Gasteiger partial charge in [0.05, 0.1) is 6.10 Å². The lowest BCUT2D eigenvalue weighted by molar-refractivity contribution is -0.155. The van der Waals surface area contributed by atoms with Gasteiger partial charge < -0.3 is 14.9 Å². The molecule has 0 aromatic rings. The lowest BCUT2D eigenvalue weighted by Crippen LogP contribution is -2.40. The van der Waals surface area contributed by atoms with Gasteiger partial charge in [-0.3, -0.25) is 0 Å². The average Bonchev–Trinajstić information content (AvgIpc) is 2.24. The molecule has 0 unspecified atom stereocenters. The second-order valence-electron chi connectivity index (χ2n) is 3.81. The summed E-state index contributed by atoms with van der Waals surface area (Å²) in [5, 5.41) is 19.3. The third-order valence-corrected chi connectivity index (χ3v) is 2.52. The van der Waals surface area contributed by atoms with Crippen LogP contribution in [0.1, 0.15) is 32.6 Å². The van der Waals surface area contributed by atoms with Crippen molar-refractivity contribution in [2.24, 2.45) is 0 Å². The maximum Gasteiger partial charge on any atom is 0.330 e. The fourth-order valence-electron chi connectivity index (χ4n) is 1.58. The quantitative estimate of drug-likeness (QED) is 0.663. The molecule has 1 heterocycles. The molecule has 0 aromatic heterocycles. The molecule has 15 heavy (non-hydrogen) atoms. The summed E-state index contributed by atoms with van der Waals surface area (Å²) in [4.78, 5) is 10.9. The molecule has 0 saturated heterocycles. The van der Waals surface area contributed by atoms with Gasteiger partial charge in [0.15, 0.2) is 0 Å². The molecule has 0 amide bonds. The molecule has 4 heteroatoms. The number of rotatable bonds is 5. The maximum atomic E-state index is 10.9. The van der Waals surface area contributed by atoms with Crippen LogP contribution < -0.4 is 0 Å². The van der Waals surface area contributed by atoms with E-state index in [9.17, 15) is 15.0 Å². The third kappa shape index (κ3) is 3.64. The molecular weight excluding hydrogens is 196 g/mol. The predicted octanol–water partition coefficient (Wildman–Crippen LogP) is 0.770. The van der Waals surface area contributed by atoms with E-state index >= 15 is 0 Å². The number of aliphatic hydroxyl groups excluding tert-OH is 2. The lowest BCUT2D eigenvalue weighted by atomic mass is 9.99. The van der Waals surface area contributed by atoms with Gasteiger partial charge >= 0.3 is 5.97 Å². The Morgan fingerprint density at radius 3 is 2.93 bits per heavy atom. The van der Waals surface area contributed by atoms with Gasteiger partial charge in [-0.2, -0.15) is 0 Å². The standard InChI is InChI=1S/C11H18O4/c1-2-3-5-8(12)11(14)9-6-4-7-10(13)15-9/h4,7-9,11-12,14H,2-3,5-6H2,1H3/t8-,9+,11+/m1/s1. The van der Waals surface area contributed by atoms with Gasteiger partial charge in [-0.25, -0.2) is 4.79 Å². The average molecular weight is 214 g/mol. The molecule has 0 spiro atoms. The Kier molecular flexibility index (Phi) is 4.78. The van der Waals surface area contributed by atoms with E-state index in [4.69, 9.17) is 4.74 Å². The van der Waals surface area contributed by atoms with E-state index < -0.39 is 24.3 Å². The van der Waals surface area contributed by atoms with E-state index in [1.807, 2.05) is 6.92 Å². The molecule has 86 valence electrons. The van der Waals surface area contributed by atoms with Gasteiger partial charge in [0.2, 0.25) is 0 Å². The predicted molar refractivity (Wildman–Crippen MR) is 55.2 cm³/mol. The minimum absolute atomic E-state index is 0.451. The molecular formula is C11H18O4. The molecule has 0 radical (unpaired) electrons. The second kappa shape index (κ2) is 5.88. The summed E-state index contributed by atoms with van der Waals surface area (Å²) in [5.74, 6) is -0.451. The van der Waals surface area contributed by atoms with Crippen molar-refractivity contribution < 1.29 is 19.7 Å². The van der Waals surface area contributed by atoms with Crippen molar-refractivity contribution in [3.63, 3.8) is 0 Å². The van der Waals surface area contributed by atoms with Crippen molar-refractivity contribution in [1.29, 1.82) is 0 Å². The summed E-state index contributed by atoms with van der Waals surface area (Å²) in [6, 6.07) is 0. The Balaban J connectivity index is 2.41. The first-order valence-corrected chi connectivity index (χ1v) is 5.38. The summed E-state index contributed by atoms with van der Waals surface area (Å²) in [6.45, 7) is 2.02. The first-order chi connectivity index (χ1) is 7.15. The van der Waals surface area contributed by atoms with E-state index in [1.165, 1.54) is 6.08 Å². The number of unbranched alkanes of at least 4 members (excludes halogenated alkanes) is 1. The van der Waals surface area contributed by atoms with Crippen LogP contribution in [0.2, 0.25) is 0 Å². The molecule has 0 aromatic carbocycles. The highest BCUT2D eigenvalue weighted by Gasteiger charge is 2.29. The van der Waals surface area contributed by atoms with Crippen LogP contribution in [0.15, 0.2) is 12.2 Å². The molecule has 1 aliphatic rings. The zero-order valence-corrected chi connectivity index (χ0v) is 8.93. The van der Waals surface area contributed by atoms with Crippen molar-refractivity contribution in [1.82, 2.24) is 0 Å². The number of carbonyl (C=O) groups excluding carboxylic acids is 1. The van der Waals surface area contributed by atoms with E-state index in [0.717, 1.165) is 12.8 Å². The largest absolute Gasteiger partial charge is 0.456 e. The van der Waals surface area contributed by atoms with E-state index in [2.05, 4.69) is 0 Å². The highest BCUT2D eigenvalue weighted by Crippen LogP contribution is 2.16. The van der Waals surface area contributed by atoms with Crippen LogP contribution in [0.25, 0.3) is 0 Å². The smallest absolute Gasteiger partial charge is 0.330 e. The number of esters is 1. The topological polar surface area (TPSA) is 66.8 Å². The van der Waals surface area contributed by atoms with E-state index in [-0.39, 0.29) is 0 Å². The van der Waals surface area contributed by atoms with Crippen LogP contribution in [0.4, 0.5) is 0 Å². The summed E-state index contributed by atoms with van der Waals surface area (Å²) >= 11 is 0. The lowest BCUT2D eigenvalue weighted by Gasteiger charge is -2.27. The number of hydrogen-bond acceptors (Lipinski definition) is 4. The highest BCUT2D eigenvalue weighted by atomic mass is 16.6. The van der Waals surface area contributed by atoms with Crippen molar-refractivity contribution in [2.45, 2.75) is 50.9 Å². The monoisotopic (exact) mass is 214 g/mol. The minimum Gasteiger partial charge on any atom is -0.456 e. The van der Waals surface area contributed by atoms with Gasteiger partial charge in [0.1, 0.15) is 12.2 Å². The molecule has 0 bridgehead atoms. The Morgan fingerprint density at radius 2 is 2.33 bits per heavy atom. The molecule has 4 nitrogen and oxygen atoms in total. The van der Waals surface area contributed by atoms with Crippen molar-refractivity contribution >= 4 is 5.97 Å². The van der Waals surface area contributed by atoms with Crippen molar-refractivity contribution in [3.05, 3.63) is 12.2 Å². The Hall–Kier alpha value is -0.870. The van der Waals surface area contributed by atoms with Crippen LogP contribution in [-0.4, -0.2) is 34.5 Å². The van der Waals surface area contributed by atoms with Crippen molar-refractivity contribution in [2.75, 3.05) is 0 Å². The molecule has 0 fully saturated rings. The zero-order chi connectivity index (χ0) is 11.3. The first-order valence-electron chi connectivity index (χ1n) is 5.38. The molecule has 3 atom stereocenters. The van der Waals surface area contributed by atoms with Crippen LogP contribution in [0.3, 0.4) is 0 Å². The highest BCUT2D eigenvalue weighted by molar-refractivity contribution is 5.82. The minimum atomic E-state index is -0.981. The zero-order valence-electron chi connectivity index (χ0n) is 8.93. The van der Waals surface area contributed by atoms with Gasteiger partial charge in [0, 0.05) is 12.5 Å². The summed E-state index contributed by atoms with van der Waals surface area (Å²) in [7, 11) is 0.